The first-order valence-corrected chi connectivity index (χ1v) is 8.92. The minimum absolute atomic E-state index is 0.0194. The zero-order valence-corrected chi connectivity index (χ0v) is 16.1. The number of ether oxygens (including phenoxy) is 1. The monoisotopic (exact) mass is 408 g/mol. The van der Waals surface area contributed by atoms with Crippen molar-refractivity contribution in [3.05, 3.63) is 65.0 Å². The molecule has 0 heterocycles. The number of benzene rings is 2. The van der Waals surface area contributed by atoms with E-state index in [2.05, 4.69) is 25.7 Å². The molecule has 0 atom stereocenters. The summed E-state index contributed by atoms with van der Waals surface area (Å²) < 4.78 is 43.4. The van der Waals surface area contributed by atoms with Gasteiger partial charge in [0, 0.05) is 38.3 Å². The molecule has 0 aliphatic heterocycles. The van der Waals surface area contributed by atoms with Gasteiger partial charge in [-0.25, -0.2) is 4.39 Å². The zero-order valence-electron chi connectivity index (χ0n) is 16.1. The Morgan fingerprint density at radius 1 is 1.17 bits per heavy atom. The predicted octanol–water partition coefficient (Wildman–Crippen LogP) is 2.69. The number of rotatable bonds is 8. The van der Waals surface area contributed by atoms with Gasteiger partial charge in [-0.1, -0.05) is 18.2 Å². The molecule has 0 fully saturated rings. The van der Waals surface area contributed by atoms with Crippen molar-refractivity contribution in [2.45, 2.75) is 19.6 Å². The molecule has 3 N–H and O–H groups in total. The first-order valence-electron chi connectivity index (χ1n) is 8.92. The van der Waals surface area contributed by atoms with Gasteiger partial charge in [-0.3, -0.25) is 9.79 Å². The molecule has 2 rings (SSSR count). The fourth-order valence-corrected chi connectivity index (χ4v) is 2.65. The van der Waals surface area contributed by atoms with Crippen molar-refractivity contribution in [1.82, 2.24) is 16.0 Å². The van der Waals surface area contributed by atoms with E-state index in [1.165, 1.54) is 18.2 Å². The number of aliphatic imine (C=N–C) groups is 1. The maximum absolute atomic E-state index is 14.0. The Bertz CT molecular complexity index is 859. The topological polar surface area (TPSA) is 74.8 Å². The third-order valence-electron chi connectivity index (χ3n) is 4.07. The van der Waals surface area contributed by atoms with Gasteiger partial charge in [0.1, 0.15) is 11.6 Å². The highest BCUT2D eigenvalue weighted by Crippen LogP contribution is 2.23. The van der Waals surface area contributed by atoms with Gasteiger partial charge in [-0.15, -0.1) is 0 Å². The van der Waals surface area contributed by atoms with Gasteiger partial charge in [-0.05, 0) is 36.2 Å². The maximum Gasteiger partial charge on any atom is 0.387 e. The molecule has 9 heteroatoms. The molecule has 1 amide bonds. The number of alkyl halides is 2. The minimum Gasteiger partial charge on any atom is -0.434 e. The van der Waals surface area contributed by atoms with Crippen molar-refractivity contribution in [2.24, 2.45) is 4.99 Å². The lowest BCUT2D eigenvalue weighted by molar-refractivity contribution is -0.0506. The van der Waals surface area contributed by atoms with Crippen LogP contribution >= 0.6 is 0 Å². The van der Waals surface area contributed by atoms with E-state index in [1.54, 1.807) is 32.3 Å². The summed E-state index contributed by atoms with van der Waals surface area (Å²) in [5.41, 5.74) is 1.50. The van der Waals surface area contributed by atoms with Crippen LogP contribution in [0.25, 0.3) is 0 Å². The van der Waals surface area contributed by atoms with Gasteiger partial charge < -0.3 is 20.7 Å². The summed E-state index contributed by atoms with van der Waals surface area (Å²) in [4.78, 5) is 15.7. The molecule has 0 aliphatic carbocycles. The lowest BCUT2D eigenvalue weighted by Gasteiger charge is -2.15. The fraction of sp³-hybridized carbons (Fsp3) is 0.300. The zero-order chi connectivity index (χ0) is 21.2. The number of carbonyl (C=O) groups excluding carboxylic acids is 1. The van der Waals surface area contributed by atoms with Gasteiger partial charge in [0.25, 0.3) is 5.91 Å². The van der Waals surface area contributed by atoms with E-state index in [0.29, 0.717) is 24.5 Å². The molecule has 2 aromatic carbocycles. The third kappa shape index (κ3) is 6.70. The van der Waals surface area contributed by atoms with Crippen LogP contribution in [0.5, 0.6) is 5.75 Å². The maximum atomic E-state index is 14.0. The van der Waals surface area contributed by atoms with Crippen molar-refractivity contribution < 1.29 is 22.7 Å². The van der Waals surface area contributed by atoms with E-state index in [1.807, 2.05) is 6.07 Å². The average Bonchev–Trinajstić information content (AvgIpc) is 2.71. The van der Waals surface area contributed by atoms with Gasteiger partial charge >= 0.3 is 6.61 Å². The number of amides is 1. The van der Waals surface area contributed by atoms with Gasteiger partial charge in [-0.2, -0.15) is 8.78 Å². The molecule has 0 saturated carbocycles. The molecule has 29 heavy (non-hydrogen) atoms. The average molecular weight is 408 g/mol. The van der Waals surface area contributed by atoms with Crippen LogP contribution < -0.4 is 20.7 Å². The van der Waals surface area contributed by atoms with Crippen LogP contribution in [0.3, 0.4) is 0 Å². The number of halogens is 3. The first-order chi connectivity index (χ1) is 13.9. The molecule has 156 valence electrons. The lowest BCUT2D eigenvalue weighted by Crippen LogP contribution is -2.38. The Morgan fingerprint density at radius 3 is 2.62 bits per heavy atom. The number of guanidine groups is 1. The number of hydrogen-bond donors (Lipinski definition) is 3. The highest BCUT2D eigenvalue weighted by Gasteiger charge is 2.14. The highest BCUT2D eigenvalue weighted by atomic mass is 19.3. The van der Waals surface area contributed by atoms with Crippen LogP contribution in [-0.2, 0) is 13.0 Å². The predicted molar refractivity (Wildman–Crippen MR) is 105 cm³/mol. The number of hydrogen-bond acceptors (Lipinski definition) is 3. The molecule has 0 bridgehead atoms. The minimum atomic E-state index is -3.04. The molecule has 0 saturated heterocycles. The molecule has 0 aliphatic rings. The third-order valence-corrected chi connectivity index (χ3v) is 4.07. The molecule has 0 spiro atoms. The normalized spacial score (nSPS) is 11.3. The number of carbonyl (C=O) groups is 1. The van der Waals surface area contributed by atoms with Crippen molar-refractivity contribution in [3.63, 3.8) is 0 Å². The van der Waals surface area contributed by atoms with E-state index in [9.17, 15) is 18.0 Å². The molecular weight excluding hydrogens is 385 g/mol. The van der Waals surface area contributed by atoms with Crippen LogP contribution in [0.15, 0.2) is 47.5 Å². The SMILES string of the molecule is CN=C(NCCc1cccc(C(=O)NC)c1)NCc1c(F)cccc1OC(F)F. The summed E-state index contributed by atoms with van der Waals surface area (Å²) in [6.45, 7) is -2.63. The van der Waals surface area contributed by atoms with Crippen LogP contribution in [0.1, 0.15) is 21.5 Å². The summed E-state index contributed by atoms with van der Waals surface area (Å²) >= 11 is 0. The Morgan fingerprint density at radius 2 is 1.93 bits per heavy atom. The Labute approximate surface area is 167 Å². The van der Waals surface area contributed by atoms with Crippen molar-refractivity contribution in [3.8, 4) is 5.75 Å². The smallest absolute Gasteiger partial charge is 0.387 e. The van der Waals surface area contributed by atoms with Crippen LogP contribution in [0.2, 0.25) is 0 Å². The van der Waals surface area contributed by atoms with E-state index in [4.69, 9.17) is 0 Å². The summed E-state index contributed by atoms with van der Waals surface area (Å²) in [6.07, 6.45) is 0.616. The van der Waals surface area contributed by atoms with E-state index in [-0.39, 0.29) is 23.8 Å². The van der Waals surface area contributed by atoms with Gasteiger partial charge in [0.05, 0.1) is 0 Å². The quantitative estimate of drug-likeness (QED) is 0.464. The largest absolute Gasteiger partial charge is 0.434 e. The van der Waals surface area contributed by atoms with Gasteiger partial charge in [0.2, 0.25) is 0 Å². The highest BCUT2D eigenvalue weighted by molar-refractivity contribution is 5.94. The van der Waals surface area contributed by atoms with Crippen molar-refractivity contribution in [1.29, 1.82) is 0 Å². The number of nitrogens with zero attached hydrogens (tertiary/aromatic N) is 1. The molecule has 6 nitrogen and oxygen atoms in total. The number of nitrogens with one attached hydrogen (secondary N) is 3. The van der Waals surface area contributed by atoms with Crippen LogP contribution in [0, 0.1) is 5.82 Å². The second kappa shape index (κ2) is 10.9. The summed E-state index contributed by atoms with van der Waals surface area (Å²) in [6, 6.07) is 11.0. The Hall–Kier alpha value is -3.23. The first kappa shape index (κ1) is 22.1. The summed E-state index contributed by atoms with van der Waals surface area (Å²) in [7, 11) is 3.11. The summed E-state index contributed by atoms with van der Waals surface area (Å²) in [5, 5.41) is 8.51. The molecule has 2 aromatic rings. The Balaban J connectivity index is 1.92. The van der Waals surface area contributed by atoms with E-state index in [0.717, 1.165) is 5.56 Å². The lowest BCUT2D eigenvalue weighted by atomic mass is 10.1. The molecule has 0 aromatic heterocycles. The Kier molecular flexibility index (Phi) is 8.32. The molecule has 0 unspecified atom stereocenters. The second-order valence-electron chi connectivity index (χ2n) is 5.98. The summed E-state index contributed by atoms with van der Waals surface area (Å²) in [5.74, 6) is -0.672. The van der Waals surface area contributed by atoms with E-state index >= 15 is 0 Å². The van der Waals surface area contributed by atoms with Crippen molar-refractivity contribution >= 4 is 11.9 Å². The second-order valence-corrected chi connectivity index (χ2v) is 5.98. The van der Waals surface area contributed by atoms with Crippen LogP contribution in [0.4, 0.5) is 13.2 Å². The van der Waals surface area contributed by atoms with Crippen LogP contribution in [-0.4, -0.2) is 39.1 Å². The standard InChI is InChI=1S/C20H23F3N4O2/c1-24-18(28)14-6-3-5-13(11-14)9-10-26-20(25-2)27-12-15-16(21)7-4-8-17(15)29-19(22)23/h3-8,11,19H,9-10,12H2,1-2H3,(H,24,28)(H2,25,26,27). The fourth-order valence-electron chi connectivity index (χ4n) is 2.65. The van der Waals surface area contributed by atoms with E-state index < -0.39 is 12.4 Å². The van der Waals surface area contributed by atoms with Gasteiger partial charge in [0.15, 0.2) is 5.96 Å². The van der Waals surface area contributed by atoms with Crippen molar-refractivity contribution in [2.75, 3.05) is 20.6 Å². The molecular formula is C20H23F3N4O2. The molecule has 0 radical (unpaired) electrons.